The van der Waals surface area contributed by atoms with Gasteiger partial charge in [-0.1, -0.05) is 6.92 Å². The Kier molecular flexibility index (Phi) is 7.43. The number of amides is 1. The number of nitrogens with zero attached hydrogens (tertiary/aromatic N) is 6. The standard InChI is InChI=1S/C24H31N7O3/c1-17(15-34-16-20-4-3-7-31(20)21-14-27-28-23(32)18(21)2)24(33)30-10-8-29(9-11-30)22-6-5-19(12-25)13-26-22/h5-6,13-14,17,20H,3-4,7-11,15-16H2,1-2H3,(H,28,32)/t17-,20-/m0/s1. The number of carbonyl (C=O) groups is 1. The highest BCUT2D eigenvalue weighted by atomic mass is 16.5. The maximum atomic E-state index is 12.9. The zero-order valence-electron chi connectivity index (χ0n) is 19.7. The van der Waals surface area contributed by atoms with Crippen molar-refractivity contribution in [1.82, 2.24) is 20.1 Å². The fraction of sp³-hybridized carbons (Fsp3) is 0.542. The van der Waals surface area contributed by atoms with Crippen LogP contribution < -0.4 is 15.4 Å². The Morgan fingerprint density at radius 3 is 2.76 bits per heavy atom. The molecule has 34 heavy (non-hydrogen) atoms. The summed E-state index contributed by atoms with van der Waals surface area (Å²) in [5, 5.41) is 15.3. The molecule has 0 bridgehead atoms. The largest absolute Gasteiger partial charge is 0.379 e. The van der Waals surface area contributed by atoms with Gasteiger partial charge in [0.25, 0.3) is 5.56 Å². The van der Waals surface area contributed by atoms with Crippen LogP contribution >= 0.6 is 0 Å². The maximum Gasteiger partial charge on any atom is 0.269 e. The lowest BCUT2D eigenvalue weighted by atomic mass is 10.1. The second-order valence-corrected chi connectivity index (χ2v) is 8.97. The Balaban J connectivity index is 1.24. The molecule has 2 atom stereocenters. The summed E-state index contributed by atoms with van der Waals surface area (Å²) >= 11 is 0. The highest BCUT2D eigenvalue weighted by Gasteiger charge is 2.29. The van der Waals surface area contributed by atoms with Gasteiger partial charge in [-0.15, -0.1) is 0 Å². The number of carbonyl (C=O) groups excluding carboxylic acids is 1. The Bertz CT molecular complexity index is 1090. The topological polar surface area (TPSA) is 118 Å². The van der Waals surface area contributed by atoms with Crippen molar-refractivity contribution in [1.29, 1.82) is 5.26 Å². The van der Waals surface area contributed by atoms with E-state index < -0.39 is 0 Å². The first-order valence-corrected chi connectivity index (χ1v) is 11.8. The lowest BCUT2D eigenvalue weighted by molar-refractivity contribution is -0.137. The first kappa shape index (κ1) is 23.7. The molecule has 180 valence electrons. The van der Waals surface area contributed by atoms with Crippen molar-refractivity contribution >= 4 is 17.4 Å². The van der Waals surface area contributed by atoms with E-state index in [0.29, 0.717) is 50.5 Å². The molecule has 10 heteroatoms. The van der Waals surface area contributed by atoms with Crippen LogP contribution in [0, 0.1) is 24.2 Å². The smallest absolute Gasteiger partial charge is 0.269 e. The lowest BCUT2D eigenvalue weighted by Crippen LogP contribution is -2.50. The molecular weight excluding hydrogens is 434 g/mol. The number of piperazine rings is 1. The van der Waals surface area contributed by atoms with Crippen molar-refractivity contribution in [2.45, 2.75) is 32.7 Å². The fourth-order valence-electron chi connectivity index (χ4n) is 4.62. The number of rotatable bonds is 7. The van der Waals surface area contributed by atoms with Crippen molar-refractivity contribution < 1.29 is 9.53 Å². The average Bonchev–Trinajstić information content (AvgIpc) is 3.33. The van der Waals surface area contributed by atoms with Gasteiger partial charge >= 0.3 is 0 Å². The Hall–Kier alpha value is -3.45. The number of hydrogen-bond donors (Lipinski definition) is 1. The molecule has 2 aromatic rings. The third-order valence-electron chi connectivity index (χ3n) is 6.66. The predicted octanol–water partition coefficient (Wildman–Crippen LogP) is 1.32. The summed E-state index contributed by atoms with van der Waals surface area (Å²) in [6.45, 7) is 8.16. The molecule has 0 saturated carbocycles. The van der Waals surface area contributed by atoms with Gasteiger partial charge in [0.05, 0.1) is 42.6 Å². The minimum Gasteiger partial charge on any atom is -0.379 e. The zero-order chi connectivity index (χ0) is 24.1. The van der Waals surface area contributed by atoms with Gasteiger partial charge in [0.15, 0.2) is 0 Å². The van der Waals surface area contributed by atoms with Crippen LogP contribution in [0.2, 0.25) is 0 Å². The van der Waals surface area contributed by atoms with Crippen LogP contribution in [0.5, 0.6) is 0 Å². The number of ether oxygens (including phenoxy) is 1. The number of nitriles is 1. The van der Waals surface area contributed by atoms with E-state index in [4.69, 9.17) is 10.00 Å². The average molecular weight is 466 g/mol. The Morgan fingerprint density at radius 2 is 2.06 bits per heavy atom. The molecule has 0 unspecified atom stereocenters. The summed E-state index contributed by atoms with van der Waals surface area (Å²) in [5.41, 5.74) is 1.89. The molecule has 2 aliphatic rings. The molecule has 0 radical (unpaired) electrons. The van der Waals surface area contributed by atoms with Gasteiger partial charge in [-0.3, -0.25) is 9.59 Å². The second-order valence-electron chi connectivity index (χ2n) is 8.97. The third-order valence-corrected chi connectivity index (χ3v) is 6.66. The van der Waals surface area contributed by atoms with Gasteiger partial charge in [-0.2, -0.15) is 10.4 Å². The molecule has 2 aliphatic heterocycles. The molecule has 0 aromatic carbocycles. The molecular formula is C24H31N7O3. The molecule has 0 aliphatic carbocycles. The van der Waals surface area contributed by atoms with E-state index in [-0.39, 0.29) is 23.4 Å². The van der Waals surface area contributed by atoms with Gasteiger partial charge in [0.1, 0.15) is 11.9 Å². The van der Waals surface area contributed by atoms with Crippen molar-refractivity contribution in [3.63, 3.8) is 0 Å². The fourth-order valence-corrected chi connectivity index (χ4v) is 4.62. The monoisotopic (exact) mass is 465 g/mol. The van der Waals surface area contributed by atoms with Gasteiger partial charge < -0.3 is 19.4 Å². The predicted molar refractivity (Wildman–Crippen MR) is 128 cm³/mol. The van der Waals surface area contributed by atoms with Crippen molar-refractivity contribution in [3.8, 4) is 6.07 Å². The Labute approximate surface area is 199 Å². The van der Waals surface area contributed by atoms with Crippen LogP contribution in [0.4, 0.5) is 11.5 Å². The molecule has 1 N–H and O–H groups in total. The minimum atomic E-state index is -0.225. The second kappa shape index (κ2) is 10.7. The summed E-state index contributed by atoms with van der Waals surface area (Å²) in [5.74, 6) is 0.706. The summed E-state index contributed by atoms with van der Waals surface area (Å²) in [6.07, 6.45) is 5.30. The highest BCUT2D eigenvalue weighted by molar-refractivity contribution is 5.79. The molecule has 4 rings (SSSR count). The molecule has 2 fully saturated rings. The molecule has 2 aromatic heterocycles. The van der Waals surface area contributed by atoms with E-state index in [2.05, 4.69) is 31.1 Å². The summed E-state index contributed by atoms with van der Waals surface area (Å²) in [6, 6.07) is 5.86. The van der Waals surface area contributed by atoms with E-state index >= 15 is 0 Å². The van der Waals surface area contributed by atoms with Crippen molar-refractivity contribution in [2.75, 3.05) is 55.7 Å². The van der Waals surface area contributed by atoms with Gasteiger partial charge in [-0.05, 0) is 31.9 Å². The van der Waals surface area contributed by atoms with E-state index in [1.165, 1.54) is 0 Å². The number of hydrogen-bond acceptors (Lipinski definition) is 8. The van der Waals surface area contributed by atoms with Gasteiger partial charge in [-0.25, -0.2) is 10.1 Å². The van der Waals surface area contributed by atoms with Crippen LogP contribution in [0.15, 0.2) is 29.3 Å². The van der Waals surface area contributed by atoms with Crippen molar-refractivity contribution in [2.24, 2.45) is 5.92 Å². The van der Waals surface area contributed by atoms with Crippen LogP contribution in [-0.4, -0.2) is 78.0 Å². The van der Waals surface area contributed by atoms with Crippen LogP contribution in [0.3, 0.4) is 0 Å². The number of aromatic nitrogens is 3. The van der Waals surface area contributed by atoms with Gasteiger partial charge in [0.2, 0.25) is 5.91 Å². The summed E-state index contributed by atoms with van der Waals surface area (Å²) < 4.78 is 5.98. The van der Waals surface area contributed by atoms with Gasteiger partial charge in [0, 0.05) is 44.5 Å². The number of nitrogens with one attached hydrogen (secondary N) is 1. The normalized spacial score (nSPS) is 19.2. The first-order valence-electron chi connectivity index (χ1n) is 11.8. The molecule has 0 spiro atoms. The van der Waals surface area contributed by atoms with E-state index in [1.54, 1.807) is 18.5 Å². The Morgan fingerprint density at radius 1 is 1.26 bits per heavy atom. The minimum absolute atomic E-state index is 0.102. The number of H-pyrrole nitrogens is 1. The van der Waals surface area contributed by atoms with E-state index in [0.717, 1.165) is 30.9 Å². The highest BCUT2D eigenvalue weighted by Crippen LogP contribution is 2.26. The number of aromatic amines is 1. The third kappa shape index (κ3) is 5.20. The maximum absolute atomic E-state index is 12.9. The summed E-state index contributed by atoms with van der Waals surface area (Å²) in [4.78, 5) is 35.4. The van der Waals surface area contributed by atoms with Crippen molar-refractivity contribution in [3.05, 3.63) is 46.0 Å². The van der Waals surface area contributed by atoms with E-state index in [9.17, 15) is 9.59 Å². The number of pyridine rings is 1. The molecule has 4 heterocycles. The van der Waals surface area contributed by atoms with Crippen LogP contribution in [-0.2, 0) is 9.53 Å². The lowest BCUT2D eigenvalue weighted by Gasteiger charge is -2.36. The zero-order valence-corrected chi connectivity index (χ0v) is 19.7. The SMILES string of the molecule is Cc1c(N2CCC[C@H]2COC[C@H](C)C(=O)N2CCN(c3ccc(C#N)cn3)CC2)cn[nH]c1=O. The summed E-state index contributed by atoms with van der Waals surface area (Å²) in [7, 11) is 0. The van der Waals surface area contributed by atoms with E-state index in [1.807, 2.05) is 24.8 Å². The molecule has 2 saturated heterocycles. The van der Waals surface area contributed by atoms with Crippen LogP contribution in [0.25, 0.3) is 0 Å². The first-order chi connectivity index (χ1) is 16.5. The quantitative estimate of drug-likeness (QED) is 0.650. The molecule has 1 amide bonds. The van der Waals surface area contributed by atoms with Crippen LogP contribution in [0.1, 0.15) is 30.9 Å². The number of anilines is 2. The molecule has 10 nitrogen and oxygen atoms in total.